The van der Waals surface area contributed by atoms with E-state index in [1.165, 1.54) is 6.92 Å². The summed E-state index contributed by atoms with van der Waals surface area (Å²) in [5.74, 6) is 0.377. The summed E-state index contributed by atoms with van der Waals surface area (Å²) in [6.45, 7) is 3.95. The summed E-state index contributed by atoms with van der Waals surface area (Å²) >= 11 is 0. The molecule has 0 aliphatic carbocycles. The average molecular weight is 343 g/mol. The Bertz CT molecular complexity index is 710. The molecule has 2 aromatic rings. The first-order valence-corrected chi connectivity index (χ1v) is 7.92. The molecule has 2 rings (SSSR count). The van der Waals surface area contributed by atoms with E-state index in [2.05, 4.69) is 5.32 Å². The molecule has 1 amide bonds. The number of rotatable bonds is 7. The van der Waals surface area contributed by atoms with Gasteiger partial charge in [-0.1, -0.05) is 0 Å². The minimum atomic E-state index is -0.929. The number of benzene rings is 2. The molecule has 6 heteroatoms. The lowest BCUT2D eigenvalue weighted by atomic mass is 10.2. The molecular formula is C19H21NO5. The first-order valence-electron chi connectivity index (χ1n) is 7.92. The van der Waals surface area contributed by atoms with Crippen molar-refractivity contribution in [2.75, 3.05) is 19.0 Å². The van der Waals surface area contributed by atoms with Gasteiger partial charge in [0, 0.05) is 5.69 Å². The van der Waals surface area contributed by atoms with Crippen molar-refractivity contribution in [3.63, 3.8) is 0 Å². The summed E-state index contributed by atoms with van der Waals surface area (Å²) in [4.78, 5) is 24.2. The maximum absolute atomic E-state index is 12.1. The lowest BCUT2D eigenvalue weighted by Crippen LogP contribution is -2.29. The number of methoxy groups -OCH3 is 1. The van der Waals surface area contributed by atoms with Crippen molar-refractivity contribution >= 4 is 17.6 Å². The highest BCUT2D eigenvalue weighted by atomic mass is 16.5. The van der Waals surface area contributed by atoms with Gasteiger partial charge in [-0.3, -0.25) is 4.79 Å². The second-order valence-electron chi connectivity index (χ2n) is 5.22. The third-order valence-electron chi connectivity index (χ3n) is 3.41. The highest BCUT2D eigenvalue weighted by Crippen LogP contribution is 2.16. The van der Waals surface area contributed by atoms with E-state index in [1.807, 2.05) is 6.92 Å². The average Bonchev–Trinajstić information content (AvgIpc) is 2.63. The van der Waals surface area contributed by atoms with Crippen LogP contribution in [-0.2, 0) is 9.53 Å². The predicted molar refractivity (Wildman–Crippen MR) is 94.1 cm³/mol. The largest absolute Gasteiger partial charge is 0.497 e. The van der Waals surface area contributed by atoms with Crippen LogP contribution in [0.3, 0.4) is 0 Å². The molecule has 0 aliphatic heterocycles. The van der Waals surface area contributed by atoms with Crippen LogP contribution >= 0.6 is 0 Å². The summed E-state index contributed by atoms with van der Waals surface area (Å²) in [5.41, 5.74) is 0.947. The summed E-state index contributed by atoms with van der Waals surface area (Å²) < 4.78 is 15.6. The van der Waals surface area contributed by atoms with Crippen LogP contribution in [0.5, 0.6) is 11.5 Å². The molecule has 0 aliphatic rings. The van der Waals surface area contributed by atoms with E-state index in [1.54, 1.807) is 55.6 Å². The van der Waals surface area contributed by atoms with Crippen molar-refractivity contribution in [2.24, 2.45) is 0 Å². The summed E-state index contributed by atoms with van der Waals surface area (Å²) in [7, 11) is 1.57. The molecule has 132 valence electrons. The van der Waals surface area contributed by atoms with Gasteiger partial charge >= 0.3 is 5.97 Å². The standard InChI is InChI=1S/C19H21NO5/c1-4-24-17-9-5-14(6-10-17)19(22)25-13(2)18(21)20-15-7-11-16(23-3)12-8-15/h5-13H,4H2,1-3H3,(H,20,21)/t13-/m0/s1. The highest BCUT2D eigenvalue weighted by Gasteiger charge is 2.19. The Morgan fingerprint density at radius 3 is 2.16 bits per heavy atom. The number of carbonyl (C=O) groups excluding carboxylic acids is 2. The van der Waals surface area contributed by atoms with Crippen LogP contribution in [0.1, 0.15) is 24.2 Å². The number of ether oxygens (including phenoxy) is 3. The maximum atomic E-state index is 12.1. The van der Waals surface area contributed by atoms with Crippen molar-refractivity contribution in [2.45, 2.75) is 20.0 Å². The third kappa shape index (κ3) is 5.24. The van der Waals surface area contributed by atoms with E-state index in [-0.39, 0.29) is 0 Å². The number of hydrogen-bond donors (Lipinski definition) is 1. The van der Waals surface area contributed by atoms with Crippen LogP contribution in [0.4, 0.5) is 5.69 Å². The molecule has 0 radical (unpaired) electrons. The number of anilines is 1. The Hall–Kier alpha value is -3.02. The van der Waals surface area contributed by atoms with E-state index < -0.39 is 18.0 Å². The van der Waals surface area contributed by atoms with Crippen molar-refractivity contribution in [3.8, 4) is 11.5 Å². The van der Waals surface area contributed by atoms with Crippen LogP contribution in [0.2, 0.25) is 0 Å². The van der Waals surface area contributed by atoms with Gasteiger partial charge in [-0.2, -0.15) is 0 Å². The van der Waals surface area contributed by atoms with E-state index in [0.717, 1.165) is 0 Å². The smallest absolute Gasteiger partial charge is 0.338 e. The molecular weight excluding hydrogens is 322 g/mol. The molecule has 2 aromatic carbocycles. The lowest BCUT2D eigenvalue weighted by molar-refractivity contribution is -0.123. The van der Waals surface area contributed by atoms with Gasteiger partial charge in [0.05, 0.1) is 19.3 Å². The fraction of sp³-hybridized carbons (Fsp3) is 0.263. The molecule has 0 bridgehead atoms. The van der Waals surface area contributed by atoms with Gasteiger partial charge in [-0.25, -0.2) is 4.79 Å². The molecule has 6 nitrogen and oxygen atoms in total. The Balaban J connectivity index is 1.91. The predicted octanol–water partition coefficient (Wildman–Crippen LogP) is 3.28. The zero-order valence-corrected chi connectivity index (χ0v) is 14.4. The lowest BCUT2D eigenvalue weighted by Gasteiger charge is -2.14. The second-order valence-corrected chi connectivity index (χ2v) is 5.22. The molecule has 25 heavy (non-hydrogen) atoms. The van der Waals surface area contributed by atoms with Crippen molar-refractivity contribution < 1.29 is 23.8 Å². The topological polar surface area (TPSA) is 73.9 Å². The summed E-state index contributed by atoms with van der Waals surface area (Å²) in [6.07, 6.45) is -0.929. The van der Waals surface area contributed by atoms with Crippen LogP contribution in [0.15, 0.2) is 48.5 Å². The first-order chi connectivity index (χ1) is 12.0. The quantitative estimate of drug-likeness (QED) is 0.781. The number of hydrogen-bond acceptors (Lipinski definition) is 5. The van der Waals surface area contributed by atoms with Gasteiger partial charge in [0.1, 0.15) is 11.5 Å². The van der Waals surface area contributed by atoms with Gasteiger partial charge < -0.3 is 19.5 Å². The summed E-state index contributed by atoms with van der Waals surface area (Å²) in [5, 5.41) is 2.68. The van der Waals surface area contributed by atoms with E-state index in [4.69, 9.17) is 14.2 Å². The first kappa shape index (κ1) is 18.3. The molecule has 0 saturated carbocycles. The van der Waals surface area contributed by atoms with E-state index >= 15 is 0 Å². The van der Waals surface area contributed by atoms with Gasteiger partial charge in [0.15, 0.2) is 6.10 Å². The van der Waals surface area contributed by atoms with Crippen molar-refractivity contribution in [3.05, 3.63) is 54.1 Å². The van der Waals surface area contributed by atoms with Gasteiger partial charge in [0.2, 0.25) is 0 Å². The number of esters is 1. The molecule has 1 N–H and O–H groups in total. The van der Waals surface area contributed by atoms with Gasteiger partial charge in [0.25, 0.3) is 5.91 Å². The van der Waals surface area contributed by atoms with E-state index in [9.17, 15) is 9.59 Å². The van der Waals surface area contributed by atoms with Crippen LogP contribution in [-0.4, -0.2) is 31.7 Å². The monoisotopic (exact) mass is 343 g/mol. The number of amides is 1. The van der Waals surface area contributed by atoms with Crippen molar-refractivity contribution in [1.29, 1.82) is 0 Å². The number of nitrogens with one attached hydrogen (secondary N) is 1. The minimum absolute atomic E-state index is 0.354. The molecule has 0 heterocycles. The van der Waals surface area contributed by atoms with Gasteiger partial charge in [-0.05, 0) is 62.4 Å². The Morgan fingerprint density at radius 2 is 1.60 bits per heavy atom. The Kier molecular flexibility index (Phi) is 6.39. The van der Waals surface area contributed by atoms with Crippen LogP contribution in [0.25, 0.3) is 0 Å². The highest BCUT2D eigenvalue weighted by molar-refractivity contribution is 5.97. The molecule has 1 atom stereocenters. The molecule has 0 unspecified atom stereocenters. The second kappa shape index (κ2) is 8.73. The maximum Gasteiger partial charge on any atom is 0.338 e. The molecule has 0 saturated heterocycles. The fourth-order valence-electron chi connectivity index (χ4n) is 2.05. The van der Waals surface area contributed by atoms with Crippen molar-refractivity contribution in [1.82, 2.24) is 0 Å². The normalized spacial score (nSPS) is 11.3. The summed E-state index contributed by atoms with van der Waals surface area (Å²) in [6, 6.07) is 13.4. The fourth-order valence-corrected chi connectivity index (χ4v) is 2.05. The minimum Gasteiger partial charge on any atom is -0.497 e. The molecule has 0 fully saturated rings. The third-order valence-corrected chi connectivity index (χ3v) is 3.41. The SMILES string of the molecule is CCOc1ccc(C(=O)O[C@@H](C)C(=O)Nc2ccc(OC)cc2)cc1. The Labute approximate surface area is 146 Å². The molecule has 0 spiro atoms. The van der Waals surface area contributed by atoms with Gasteiger partial charge in [-0.15, -0.1) is 0 Å². The number of carbonyl (C=O) groups is 2. The zero-order chi connectivity index (χ0) is 18.2. The zero-order valence-electron chi connectivity index (χ0n) is 14.4. The Morgan fingerprint density at radius 1 is 1.00 bits per heavy atom. The van der Waals surface area contributed by atoms with E-state index in [0.29, 0.717) is 29.4 Å². The van der Waals surface area contributed by atoms with Crippen LogP contribution in [0, 0.1) is 0 Å². The van der Waals surface area contributed by atoms with Crippen LogP contribution < -0.4 is 14.8 Å². The molecule has 0 aromatic heterocycles.